The van der Waals surface area contributed by atoms with Gasteiger partial charge in [0.15, 0.2) is 5.75 Å². The number of ether oxygens (including phenoxy) is 1. The van der Waals surface area contributed by atoms with Crippen molar-refractivity contribution in [1.29, 1.82) is 0 Å². The van der Waals surface area contributed by atoms with Gasteiger partial charge in [-0.3, -0.25) is 0 Å². The topological polar surface area (TPSA) is 46.6 Å². The van der Waals surface area contributed by atoms with Crippen LogP contribution in [0.2, 0.25) is 10.0 Å². The lowest BCUT2D eigenvalue weighted by atomic mass is 10.0. The number of piperidine rings is 1. The predicted octanol–water partition coefficient (Wildman–Crippen LogP) is 3.42. The van der Waals surface area contributed by atoms with E-state index in [-0.39, 0.29) is 20.7 Å². The van der Waals surface area contributed by atoms with Gasteiger partial charge in [0.1, 0.15) is 9.92 Å². The van der Waals surface area contributed by atoms with Gasteiger partial charge in [-0.15, -0.1) is 0 Å². The number of benzene rings is 1. The molecule has 0 amide bonds. The van der Waals surface area contributed by atoms with Crippen LogP contribution in [0.15, 0.2) is 17.0 Å². The summed E-state index contributed by atoms with van der Waals surface area (Å²) in [5.41, 5.74) is 0. The molecule has 0 N–H and O–H groups in total. The molecule has 2 rings (SSSR count). The SMILES string of the molecule is COc1c(S(=O)(=O)N2CCC(C)CC2)ccc(Cl)c1Cl. The summed E-state index contributed by atoms with van der Waals surface area (Å²) in [5, 5.41) is 0.398. The maximum Gasteiger partial charge on any atom is 0.246 e. The van der Waals surface area contributed by atoms with Gasteiger partial charge in [0.2, 0.25) is 10.0 Å². The first-order valence-corrected chi connectivity index (χ1v) is 8.59. The molecular weight excluding hydrogens is 321 g/mol. The molecule has 0 bridgehead atoms. The van der Waals surface area contributed by atoms with Crippen molar-refractivity contribution in [3.8, 4) is 5.75 Å². The number of methoxy groups -OCH3 is 1. The highest BCUT2D eigenvalue weighted by molar-refractivity contribution is 7.89. The fourth-order valence-electron chi connectivity index (χ4n) is 2.27. The molecule has 1 aromatic carbocycles. The molecule has 1 fully saturated rings. The van der Waals surface area contributed by atoms with Crippen molar-refractivity contribution < 1.29 is 13.2 Å². The summed E-state index contributed by atoms with van der Waals surface area (Å²) >= 11 is 11.9. The van der Waals surface area contributed by atoms with Gasteiger partial charge in [0.25, 0.3) is 0 Å². The van der Waals surface area contributed by atoms with E-state index in [1.165, 1.54) is 23.5 Å². The van der Waals surface area contributed by atoms with Gasteiger partial charge >= 0.3 is 0 Å². The third-order valence-corrected chi connectivity index (χ3v) is 6.29. The van der Waals surface area contributed by atoms with Crippen LogP contribution in [0.1, 0.15) is 19.8 Å². The second kappa shape index (κ2) is 6.10. The molecule has 0 unspecified atom stereocenters. The van der Waals surface area contributed by atoms with Crippen molar-refractivity contribution in [3.05, 3.63) is 22.2 Å². The Hall–Kier alpha value is -0.490. The molecule has 1 aromatic rings. The molecule has 1 aliphatic rings. The van der Waals surface area contributed by atoms with Gasteiger partial charge in [0, 0.05) is 13.1 Å². The summed E-state index contributed by atoms with van der Waals surface area (Å²) in [5.74, 6) is 0.662. The molecule has 0 aliphatic carbocycles. The first-order valence-electron chi connectivity index (χ1n) is 6.40. The monoisotopic (exact) mass is 337 g/mol. The quantitative estimate of drug-likeness (QED) is 0.848. The molecule has 7 heteroatoms. The van der Waals surface area contributed by atoms with Crippen LogP contribution in [0.3, 0.4) is 0 Å². The Bertz CT molecular complexity index is 596. The van der Waals surface area contributed by atoms with Gasteiger partial charge in [-0.2, -0.15) is 4.31 Å². The smallest absolute Gasteiger partial charge is 0.246 e. The van der Waals surface area contributed by atoms with E-state index in [1.807, 2.05) is 0 Å². The van der Waals surface area contributed by atoms with E-state index in [0.717, 1.165) is 12.8 Å². The highest BCUT2D eigenvalue weighted by Gasteiger charge is 2.31. The maximum atomic E-state index is 12.7. The Morgan fingerprint density at radius 2 is 1.85 bits per heavy atom. The van der Waals surface area contributed by atoms with Crippen molar-refractivity contribution in [2.24, 2.45) is 5.92 Å². The highest BCUT2D eigenvalue weighted by Crippen LogP contribution is 2.39. The van der Waals surface area contributed by atoms with Gasteiger partial charge in [-0.05, 0) is 30.9 Å². The van der Waals surface area contributed by atoms with Gasteiger partial charge in [-0.1, -0.05) is 30.1 Å². The maximum absolute atomic E-state index is 12.7. The van der Waals surface area contributed by atoms with E-state index in [0.29, 0.717) is 19.0 Å². The minimum Gasteiger partial charge on any atom is -0.494 e. The Labute approximate surface area is 129 Å². The van der Waals surface area contributed by atoms with E-state index in [4.69, 9.17) is 27.9 Å². The molecule has 1 aliphatic heterocycles. The van der Waals surface area contributed by atoms with E-state index in [1.54, 1.807) is 0 Å². The zero-order valence-corrected chi connectivity index (χ0v) is 13.7. The molecule has 20 heavy (non-hydrogen) atoms. The van der Waals surface area contributed by atoms with Crippen LogP contribution in [0.4, 0.5) is 0 Å². The van der Waals surface area contributed by atoms with Crippen LogP contribution in [0.5, 0.6) is 5.75 Å². The molecule has 0 aromatic heterocycles. The van der Waals surface area contributed by atoms with Crippen molar-refractivity contribution in [3.63, 3.8) is 0 Å². The number of hydrogen-bond donors (Lipinski definition) is 0. The lowest BCUT2D eigenvalue weighted by Gasteiger charge is -2.30. The molecule has 4 nitrogen and oxygen atoms in total. The van der Waals surface area contributed by atoms with Crippen LogP contribution >= 0.6 is 23.2 Å². The molecule has 0 radical (unpaired) electrons. The zero-order valence-electron chi connectivity index (χ0n) is 11.4. The minimum atomic E-state index is -3.60. The van der Waals surface area contributed by atoms with Gasteiger partial charge in [0.05, 0.1) is 12.1 Å². The first-order chi connectivity index (χ1) is 9.37. The zero-order chi connectivity index (χ0) is 14.9. The number of nitrogens with zero attached hydrogens (tertiary/aromatic N) is 1. The molecule has 0 saturated carbocycles. The van der Waals surface area contributed by atoms with E-state index >= 15 is 0 Å². The second-order valence-electron chi connectivity index (χ2n) is 4.98. The molecule has 0 atom stereocenters. The van der Waals surface area contributed by atoms with Crippen molar-refractivity contribution >= 4 is 33.2 Å². The van der Waals surface area contributed by atoms with Crippen LogP contribution in [-0.2, 0) is 10.0 Å². The van der Waals surface area contributed by atoms with Crippen LogP contribution in [0, 0.1) is 5.92 Å². The molecule has 1 heterocycles. The van der Waals surface area contributed by atoms with Crippen LogP contribution in [-0.4, -0.2) is 32.9 Å². The van der Waals surface area contributed by atoms with Gasteiger partial charge in [-0.25, -0.2) is 8.42 Å². The summed E-state index contributed by atoms with van der Waals surface area (Å²) < 4.78 is 32.0. The van der Waals surface area contributed by atoms with Crippen molar-refractivity contribution in [1.82, 2.24) is 4.31 Å². The lowest BCUT2D eigenvalue weighted by molar-refractivity contribution is 0.287. The highest BCUT2D eigenvalue weighted by atomic mass is 35.5. The number of rotatable bonds is 3. The summed E-state index contributed by atoms with van der Waals surface area (Å²) in [6, 6.07) is 2.92. The largest absolute Gasteiger partial charge is 0.494 e. The summed E-state index contributed by atoms with van der Waals surface area (Å²) in [4.78, 5) is 0.0731. The predicted molar refractivity (Wildman–Crippen MR) is 80.2 cm³/mol. The standard InChI is InChI=1S/C13H17Cl2NO3S/c1-9-5-7-16(8-6-9)20(17,18)11-4-3-10(14)12(15)13(11)19-2/h3-4,9H,5-8H2,1-2H3. The van der Waals surface area contributed by atoms with Crippen LogP contribution in [0.25, 0.3) is 0 Å². The molecular formula is C13H17Cl2NO3S. The first kappa shape index (κ1) is 15.9. The Morgan fingerprint density at radius 1 is 1.25 bits per heavy atom. The third kappa shape index (κ3) is 2.91. The second-order valence-corrected chi connectivity index (χ2v) is 7.67. The van der Waals surface area contributed by atoms with Gasteiger partial charge < -0.3 is 4.74 Å². The van der Waals surface area contributed by atoms with Crippen LogP contribution < -0.4 is 4.74 Å². The van der Waals surface area contributed by atoms with E-state index in [2.05, 4.69) is 6.92 Å². The number of halogens is 2. The fraction of sp³-hybridized carbons (Fsp3) is 0.538. The van der Waals surface area contributed by atoms with Crippen molar-refractivity contribution in [2.45, 2.75) is 24.7 Å². The molecule has 112 valence electrons. The van der Waals surface area contributed by atoms with E-state index in [9.17, 15) is 8.42 Å². The summed E-state index contributed by atoms with van der Waals surface area (Å²) in [6.45, 7) is 3.17. The number of sulfonamides is 1. The lowest BCUT2D eigenvalue weighted by Crippen LogP contribution is -2.38. The van der Waals surface area contributed by atoms with E-state index < -0.39 is 10.0 Å². The van der Waals surface area contributed by atoms with Crippen molar-refractivity contribution in [2.75, 3.05) is 20.2 Å². The summed E-state index contributed by atoms with van der Waals surface area (Å²) in [6.07, 6.45) is 1.73. The summed E-state index contributed by atoms with van der Waals surface area (Å²) in [7, 11) is -2.22. The Kier molecular flexibility index (Phi) is 4.84. The normalized spacial score (nSPS) is 18.2. The Balaban J connectivity index is 2.42. The average Bonchev–Trinajstić information content (AvgIpc) is 2.42. The minimum absolute atomic E-state index is 0.0731. The number of hydrogen-bond acceptors (Lipinski definition) is 3. The third-order valence-electron chi connectivity index (χ3n) is 3.58. The molecule has 0 spiro atoms. The fourth-order valence-corrected chi connectivity index (χ4v) is 4.35. The average molecular weight is 338 g/mol. The Morgan fingerprint density at radius 3 is 2.40 bits per heavy atom. The molecule has 1 saturated heterocycles.